The minimum atomic E-state index is -0.354. The SMILES string of the molecule is CCOC(=O)CN(CC)CCC(N)=O. The molecule has 0 spiro atoms. The third-order valence-corrected chi connectivity index (χ3v) is 1.78. The Morgan fingerprint density at radius 1 is 1.36 bits per heavy atom. The molecular weight excluding hydrogens is 184 g/mol. The molecule has 82 valence electrons. The van der Waals surface area contributed by atoms with Crippen LogP contribution < -0.4 is 5.73 Å². The summed E-state index contributed by atoms with van der Waals surface area (Å²) in [6.07, 6.45) is 0.271. The molecule has 0 atom stereocenters. The smallest absolute Gasteiger partial charge is 0.320 e. The molecule has 0 aliphatic carbocycles. The summed E-state index contributed by atoms with van der Waals surface area (Å²) in [5, 5.41) is 0. The average Bonchev–Trinajstić information content (AvgIpc) is 2.12. The third-order valence-electron chi connectivity index (χ3n) is 1.78. The highest BCUT2D eigenvalue weighted by molar-refractivity contribution is 5.74. The fourth-order valence-electron chi connectivity index (χ4n) is 1.01. The zero-order chi connectivity index (χ0) is 11.0. The summed E-state index contributed by atoms with van der Waals surface area (Å²) in [7, 11) is 0. The van der Waals surface area contributed by atoms with Crippen LogP contribution in [-0.2, 0) is 14.3 Å². The van der Waals surface area contributed by atoms with Gasteiger partial charge in [-0.15, -0.1) is 0 Å². The van der Waals surface area contributed by atoms with Crippen molar-refractivity contribution >= 4 is 11.9 Å². The number of nitrogens with zero attached hydrogens (tertiary/aromatic N) is 1. The molecule has 0 aromatic rings. The number of nitrogens with two attached hydrogens (primary N) is 1. The largest absolute Gasteiger partial charge is 0.465 e. The van der Waals surface area contributed by atoms with E-state index in [1.54, 1.807) is 6.92 Å². The summed E-state index contributed by atoms with van der Waals surface area (Å²) >= 11 is 0. The van der Waals surface area contributed by atoms with Crippen LogP contribution in [-0.4, -0.2) is 43.0 Å². The van der Waals surface area contributed by atoms with Crippen molar-refractivity contribution in [2.45, 2.75) is 20.3 Å². The fraction of sp³-hybridized carbons (Fsp3) is 0.778. The highest BCUT2D eigenvalue weighted by atomic mass is 16.5. The van der Waals surface area contributed by atoms with E-state index in [1.165, 1.54) is 0 Å². The van der Waals surface area contributed by atoms with E-state index in [-0.39, 0.29) is 24.8 Å². The van der Waals surface area contributed by atoms with Crippen molar-refractivity contribution in [3.63, 3.8) is 0 Å². The maximum absolute atomic E-state index is 11.1. The molecule has 0 aromatic heterocycles. The Balaban J connectivity index is 3.78. The zero-order valence-corrected chi connectivity index (χ0v) is 8.78. The van der Waals surface area contributed by atoms with Gasteiger partial charge in [0.15, 0.2) is 0 Å². The second-order valence-corrected chi connectivity index (χ2v) is 2.89. The standard InChI is InChI=1S/C9H18N2O3/c1-3-11(6-5-8(10)12)7-9(13)14-4-2/h3-7H2,1-2H3,(H2,10,12). The van der Waals surface area contributed by atoms with E-state index in [0.29, 0.717) is 19.7 Å². The first kappa shape index (κ1) is 12.9. The van der Waals surface area contributed by atoms with Gasteiger partial charge in [-0.3, -0.25) is 14.5 Å². The van der Waals surface area contributed by atoms with E-state index in [0.717, 1.165) is 0 Å². The molecule has 0 radical (unpaired) electrons. The van der Waals surface area contributed by atoms with Crippen LogP contribution in [0, 0.1) is 0 Å². The molecule has 0 heterocycles. The van der Waals surface area contributed by atoms with Gasteiger partial charge in [0.25, 0.3) is 0 Å². The first-order valence-electron chi connectivity index (χ1n) is 4.76. The average molecular weight is 202 g/mol. The maximum Gasteiger partial charge on any atom is 0.320 e. The molecular formula is C9H18N2O3. The molecule has 0 saturated heterocycles. The Hall–Kier alpha value is -1.10. The third kappa shape index (κ3) is 6.42. The summed E-state index contributed by atoms with van der Waals surface area (Å²) in [6.45, 7) is 5.48. The number of likely N-dealkylation sites (N-methyl/N-ethyl adjacent to an activating group) is 1. The van der Waals surface area contributed by atoms with Crippen LogP contribution in [0.4, 0.5) is 0 Å². The fourth-order valence-corrected chi connectivity index (χ4v) is 1.01. The molecule has 0 bridgehead atoms. The van der Waals surface area contributed by atoms with Crippen LogP contribution >= 0.6 is 0 Å². The monoisotopic (exact) mass is 202 g/mol. The van der Waals surface area contributed by atoms with Gasteiger partial charge in [-0.05, 0) is 13.5 Å². The molecule has 0 aromatic carbocycles. The maximum atomic E-state index is 11.1. The number of esters is 1. The number of carbonyl (C=O) groups excluding carboxylic acids is 2. The predicted molar refractivity (Wildman–Crippen MR) is 52.6 cm³/mol. The van der Waals surface area contributed by atoms with Gasteiger partial charge in [0.05, 0.1) is 13.2 Å². The Bertz CT molecular complexity index is 194. The zero-order valence-electron chi connectivity index (χ0n) is 8.78. The van der Waals surface area contributed by atoms with E-state index in [2.05, 4.69) is 0 Å². The molecule has 1 amide bonds. The number of hydrogen-bond acceptors (Lipinski definition) is 4. The lowest BCUT2D eigenvalue weighted by Crippen LogP contribution is -2.33. The summed E-state index contributed by atoms with van der Waals surface area (Å²) in [6, 6.07) is 0. The molecule has 0 aliphatic heterocycles. The molecule has 5 nitrogen and oxygen atoms in total. The minimum Gasteiger partial charge on any atom is -0.465 e. The number of hydrogen-bond donors (Lipinski definition) is 1. The lowest BCUT2D eigenvalue weighted by atomic mass is 10.3. The Labute approximate surface area is 84.2 Å². The number of ether oxygens (including phenoxy) is 1. The molecule has 0 fully saturated rings. The van der Waals surface area contributed by atoms with Crippen molar-refractivity contribution in [2.24, 2.45) is 5.73 Å². The van der Waals surface area contributed by atoms with Crippen LogP contribution in [0.25, 0.3) is 0 Å². The van der Waals surface area contributed by atoms with Crippen LogP contribution in [0.5, 0.6) is 0 Å². The number of amides is 1. The first-order chi connectivity index (χ1) is 6.60. The lowest BCUT2D eigenvalue weighted by Gasteiger charge is -2.17. The van der Waals surface area contributed by atoms with Crippen molar-refractivity contribution in [3.8, 4) is 0 Å². The lowest BCUT2D eigenvalue weighted by molar-refractivity contribution is -0.144. The van der Waals surface area contributed by atoms with E-state index in [1.807, 2.05) is 11.8 Å². The van der Waals surface area contributed by atoms with Crippen molar-refractivity contribution < 1.29 is 14.3 Å². The van der Waals surface area contributed by atoms with Crippen molar-refractivity contribution in [1.82, 2.24) is 4.90 Å². The van der Waals surface area contributed by atoms with Gasteiger partial charge in [0.2, 0.25) is 5.91 Å². The molecule has 14 heavy (non-hydrogen) atoms. The van der Waals surface area contributed by atoms with Crippen molar-refractivity contribution in [1.29, 1.82) is 0 Å². The summed E-state index contributed by atoms with van der Waals surface area (Å²) in [5.41, 5.74) is 5.00. The van der Waals surface area contributed by atoms with Crippen LogP contribution in [0.15, 0.2) is 0 Å². The van der Waals surface area contributed by atoms with E-state index >= 15 is 0 Å². The Morgan fingerprint density at radius 2 is 2.00 bits per heavy atom. The highest BCUT2D eigenvalue weighted by Crippen LogP contribution is 1.92. The molecule has 5 heteroatoms. The van der Waals surface area contributed by atoms with E-state index in [9.17, 15) is 9.59 Å². The van der Waals surface area contributed by atoms with Crippen LogP contribution in [0.3, 0.4) is 0 Å². The molecule has 0 rings (SSSR count). The van der Waals surface area contributed by atoms with Crippen LogP contribution in [0.2, 0.25) is 0 Å². The Kier molecular flexibility index (Phi) is 6.74. The number of rotatable bonds is 7. The van der Waals surface area contributed by atoms with Crippen molar-refractivity contribution in [3.05, 3.63) is 0 Å². The predicted octanol–water partition coefficient (Wildman–Crippen LogP) is -0.253. The molecule has 0 aliphatic rings. The summed E-state index contributed by atoms with van der Waals surface area (Å²) in [5.74, 6) is -0.619. The number of carbonyl (C=O) groups is 2. The van der Waals surface area contributed by atoms with E-state index in [4.69, 9.17) is 10.5 Å². The second-order valence-electron chi connectivity index (χ2n) is 2.89. The van der Waals surface area contributed by atoms with E-state index < -0.39 is 0 Å². The van der Waals surface area contributed by atoms with Crippen molar-refractivity contribution in [2.75, 3.05) is 26.2 Å². The van der Waals surface area contributed by atoms with Crippen LogP contribution in [0.1, 0.15) is 20.3 Å². The minimum absolute atomic E-state index is 0.220. The quantitative estimate of drug-likeness (QED) is 0.578. The molecule has 0 saturated carbocycles. The highest BCUT2D eigenvalue weighted by Gasteiger charge is 2.10. The molecule has 0 unspecified atom stereocenters. The summed E-state index contributed by atoms with van der Waals surface area (Å²) < 4.78 is 4.78. The van der Waals surface area contributed by atoms with Gasteiger partial charge in [-0.2, -0.15) is 0 Å². The van der Waals surface area contributed by atoms with Gasteiger partial charge < -0.3 is 10.5 Å². The second kappa shape index (κ2) is 7.32. The molecule has 2 N–H and O–H groups in total. The van der Waals surface area contributed by atoms with Gasteiger partial charge >= 0.3 is 5.97 Å². The van der Waals surface area contributed by atoms with Gasteiger partial charge in [-0.1, -0.05) is 6.92 Å². The topological polar surface area (TPSA) is 72.6 Å². The first-order valence-corrected chi connectivity index (χ1v) is 4.76. The number of primary amides is 1. The summed E-state index contributed by atoms with van der Waals surface area (Å²) in [4.78, 5) is 23.4. The van der Waals surface area contributed by atoms with Gasteiger partial charge in [0, 0.05) is 13.0 Å². The van der Waals surface area contributed by atoms with Gasteiger partial charge in [-0.25, -0.2) is 0 Å². The Morgan fingerprint density at radius 3 is 2.43 bits per heavy atom. The normalized spacial score (nSPS) is 10.2. The van der Waals surface area contributed by atoms with Gasteiger partial charge in [0.1, 0.15) is 0 Å².